The average Bonchev–Trinajstić information content (AvgIpc) is 3.35. The lowest BCUT2D eigenvalue weighted by Gasteiger charge is -2.18. The molecule has 3 heterocycles. The first-order chi connectivity index (χ1) is 12.6. The van der Waals surface area contributed by atoms with Gasteiger partial charge in [0, 0.05) is 6.42 Å². The average molecular weight is 352 g/mol. The van der Waals surface area contributed by atoms with E-state index >= 15 is 0 Å². The lowest BCUT2D eigenvalue weighted by atomic mass is 9.99. The molecule has 0 unspecified atom stereocenters. The number of urea groups is 1. The van der Waals surface area contributed by atoms with Gasteiger partial charge in [-0.25, -0.2) is 4.79 Å². The van der Waals surface area contributed by atoms with Gasteiger partial charge in [-0.3, -0.25) is 9.69 Å². The number of carbonyl (C=O) groups is 2. The minimum Gasteiger partial charge on any atom is -0.466 e. The van der Waals surface area contributed by atoms with Crippen molar-refractivity contribution in [3.63, 3.8) is 0 Å². The third kappa shape index (κ3) is 2.75. The van der Waals surface area contributed by atoms with Crippen LogP contribution in [0.2, 0.25) is 0 Å². The Kier molecular flexibility index (Phi) is 3.80. The Morgan fingerprint density at radius 3 is 2.69 bits per heavy atom. The van der Waals surface area contributed by atoms with Crippen molar-refractivity contribution in [3.8, 4) is 0 Å². The first-order valence-electron chi connectivity index (χ1n) is 8.10. The van der Waals surface area contributed by atoms with E-state index in [-0.39, 0.29) is 12.4 Å². The second kappa shape index (κ2) is 6.14. The molecule has 4 rings (SSSR count). The number of nitrogens with one attached hydrogen (secondary N) is 1. The molecule has 26 heavy (non-hydrogen) atoms. The molecule has 3 amide bonds. The van der Waals surface area contributed by atoms with Crippen molar-refractivity contribution in [3.05, 3.63) is 71.8 Å². The van der Waals surface area contributed by atoms with E-state index in [0.29, 0.717) is 18.0 Å². The maximum atomic E-state index is 12.7. The zero-order chi connectivity index (χ0) is 18.1. The number of amides is 3. The molecule has 1 N–H and O–H groups in total. The van der Waals surface area contributed by atoms with Gasteiger partial charge < -0.3 is 14.3 Å². The summed E-state index contributed by atoms with van der Waals surface area (Å²) < 4.78 is 10.5. The highest BCUT2D eigenvalue weighted by Crippen LogP contribution is 2.29. The predicted octanol–water partition coefficient (Wildman–Crippen LogP) is 2.22. The minimum atomic E-state index is -1.24. The number of hydrogen-bond acceptors (Lipinski definition) is 6. The van der Waals surface area contributed by atoms with Crippen LogP contribution in [0.1, 0.15) is 30.0 Å². The third-order valence-electron chi connectivity index (χ3n) is 4.30. The third-order valence-corrected chi connectivity index (χ3v) is 4.30. The highest BCUT2D eigenvalue weighted by molar-refractivity contribution is 6.06. The Morgan fingerprint density at radius 1 is 1.15 bits per heavy atom. The molecule has 1 atom stereocenters. The van der Waals surface area contributed by atoms with Crippen molar-refractivity contribution in [2.24, 2.45) is 0 Å². The molecule has 8 nitrogen and oxygen atoms in total. The van der Waals surface area contributed by atoms with Crippen LogP contribution >= 0.6 is 0 Å². The minimum absolute atomic E-state index is 0.0945. The quantitative estimate of drug-likeness (QED) is 0.707. The van der Waals surface area contributed by atoms with Gasteiger partial charge in [-0.1, -0.05) is 35.5 Å². The molecule has 0 bridgehead atoms. The highest BCUT2D eigenvalue weighted by Gasteiger charge is 2.51. The van der Waals surface area contributed by atoms with E-state index in [0.717, 1.165) is 10.5 Å². The van der Waals surface area contributed by atoms with E-state index in [4.69, 9.17) is 8.94 Å². The van der Waals surface area contributed by atoms with Crippen LogP contribution in [0.5, 0.6) is 0 Å². The van der Waals surface area contributed by atoms with Crippen LogP contribution < -0.4 is 5.32 Å². The van der Waals surface area contributed by atoms with Crippen molar-refractivity contribution in [2.45, 2.75) is 25.4 Å². The summed E-state index contributed by atoms with van der Waals surface area (Å²) in [5, 5.41) is 6.57. The van der Waals surface area contributed by atoms with Crippen molar-refractivity contribution >= 4 is 11.9 Å². The number of carbonyl (C=O) groups excluding carboxylic acids is 2. The molecule has 1 saturated heterocycles. The van der Waals surface area contributed by atoms with Crippen LogP contribution in [0.25, 0.3) is 0 Å². The fraction of sp³-hybridized carbons (Fsp3) is 0.222. The van der Waals surface area contributed by atoms with Gasteiger partial charge in [-0.05, 0) is 24.6 Å². The number of imide groups is 1. The Morgan fingerprint density at radius 2 is 1.96 bits per heavy atom. The van der Waals surface area contributed by atoms with Crippen LogP contribution in [-0.2, 0) is 23.3 Å². The molecular formula is C18H16N4O4. The molecule has 1 aliphatic rings. The number of furan rings is 1. The summed E-state index contributed by atoms with van der Waals surface area (Å²) in [5.41, 5.74) is -0.201. The van der Waals surface area contributed by atoms with Gasteiger partial charge in [0.25, 0.3) is 5.91 Å². The van der Waals surface area contributed by atoms with E-state index < -0.39 is 17.5 Å². The van der Waals surface area contributed by atoms with Crippen LogP contribution in [0.3, 0.4) is 0 Å². The molecule has 3 aromatic rings. The zero-order valence-electron chi connectivity index (χ0n) is 14.0. The maximum absolute atomic E-state index is 12.7. The first kappa shape index (κ1) is 16.1. The molecular weight excluding hydrogens is 336 g/mol. The summed E-state index contributed by atoms with van der Waals surface area (Å²) in [7, 11) is 0. The normalized spacial score (nSPS) is 19.8. The molecule has 0 spiro atoms. The summed E-state index contributed by atoms with van der Waals surface area (Å²) in [6.45, 7) is 1.50. The summed E-state index contributed by atoms with van der Waals surface area (Å²) in [6.07, 6.45) is 1.96. The van der Waals surface area contributed by atoms with Crippen LogP contribution in [-0.4, -0.2) is 27.0 Å². The zero-order valence-corrected chi connectivity index (χ0v) is 14.0. The van der Waals surface area contributed by atoms with E-state index in [1.165, 1.54) is 6.26 Å². The van der Waals surface area contributed by atoms with E-state index in [2.05, 4.69) is 15.5 Å². The lowest BCUT2D eigenvalue weighted by molar-refractivity contribution is -0.132. The molecule has 1 aromatic carbocycles. The van der Waals surface area contributed by atoms with E-state index in [1.807, 2.05) is 30.3 Å². The molecule has 132 valence electrons. The number of hydrogen-bond donors (Lipinski definition) is 1. The molecule has 0 radical (unpaired) electrons. The van der Waals surface area contributed by atoms with Gasteiger partial charge >= 0.3 is 6.03 Å². The second-order valence-electron chi connectivity index (χ2n) is 6.19. The second-order valence-corrected chi connectivity index (χ2v) is 6.19. The molecule has 2 aromatic heterocycles. The predicted molar refractivity (Wildman–Crippen MR) is 88.7 cm³/mol. The number of rotatable bonds is 5. The fourth-order valence-corrected chi connectivity index (χ4v) is 2.91. The van der Waals surface area contributed by atoms with Gasteiger partial charge in [0.05, 0.1) is 6.26 Å². The van der Waals surface area contributed by atoms with E-state index in [1.54, 1.807) is 19.1 Å². The van der Waals surface area contributed by atoms with Crippen molar-refractivity contribution < 1.29 is 18.5 Å². The standard InChI is InChI=1S/C18H16N4O4/c1-18(13-8-5-9-25-13)16(23)22(17(24)20-18)11-15-19-14(21-26-15)10-12-6-3-2-4-7-12/h2-9H,10-11H2,1H3,(H,20,24)/t18-/m0/s1. The number of nitrogens with zero attached hydrogens (tertiary/aromatic N) is 3. The van der Waals surface area contributed by atoms with Gasteiger partial charge in [0.2, 0.25) is 5.89 Å². The molecule has 0 saturated carbocycles. The Hall–Kier alpha value is -3.42. The van der Waals surface area contributed by atoms with Crippen molar-refractivity contribution in [2.75, 3.05) is 0 Å². The Bertz CT molecular complexity index is 935. The Labute approximate surface area is 148 Å². The van der Waals surface area contributed by atoms with Gasteiger partial charge in [0.15, 0.2) is 11.4 Å². The number of aromatic nitrogens is 2. The van der Waals surface area contributed by atoms with Crippen molar-refractivity contribution in [1.29, 1.82) is 0 Å². The SMILES string of the molecule is C[C@@]1(c2ccco2)NC(=O)N(Cc2nc(Cc3ccccc3)no2)C1=O. The van der Waals surface area contributed by atoms with Crippen LogP contribution in [0.4, 0.5) is 4.79 Å². The largest absolute Gasteiger partial charge is 0.466 e. The van der Waals surface area contributed by atoms with Gasteiger partial charge in [-0.2, -0.15) is 4.98 Å². The molecule has 1 fully saturated rings. The molecule has 1 aliphatic heterocycles. The molecule has 8 heteroatoms. The topological polar surface area (TPSA) is 101 Å². The highest BCUT2D eigenvalue weighted by atomic mass is 16.5. The summed E-state index contributed by atoms with van der Waals surface area (Å²) in [4.78, 5) is 30.3. The maximum Gasteiger partial charge on any atom is 0.325 e. The van der Waals surface area contributed by atoms with Crippen LogP contribution in [0.15, 0.2) is 57.7 Å². The molecule has 0 aliphatic carbocycles. The first-order valence-corrected chi connectivity index (χ1v) is 8.10. The Balaban J connectivity index is 1.49. The number of benzene rings is 1. The smallest absolute Gasteiger partial charge is 0.325 e. The monoisotopic (exact) mass is 352 g/mol. The fourth-order valence-electron chi connectivity index (χ4n) is 2.91. The lowest BCUT2D eigenvalue weighted by Crippen LogP contribution is -2.40. The van der Waals surface area contributed by atoms with Gasteiger partial charge in [-0.15, -0.1) is 0 Å². The summed E-state index contributed by atoms with van der Waals surface area (Å²) in [5.74, 6) is 0.629. The summed E-state index contributed by atoms with van der Waals surface area (Å²) >= 11 is 0. The van der Waals surface area contributed by atoms with E-state index in [9.17, 15) is 9.59 Å². The van der Waals surface area contributed by atoms with Gasteiger partial charge in [0.1, 0.15) is 12.3 Å². The summed E-state index contributed by atoms with van der Waals surface area (Å²) in [6, 6.07) is 12.5. The van der Waals surface area contributed by atoms with Crippen LogP contribution in [0, 0.1) is 0 Å². The van der Waals surface area contributed by atoms with Crippen molar-refractivity contribution in [1.82, 2.24) is 20.4 Å².